The van der Waals surface area contributed by atoms with Crippen molar-refractivity contribution in [1.29, 1.82) is 0 Å². The average Bonchev–Trinajstić information content (AvgIpc) is 3.37. The van der Waals surface area contributed by atoms with Gasteiger partial charge in [-0.15, -0.1) is 0 Å². The summed E-state index contributed by atoms with van der Waals surface area (Å²) in [5.74, 6) is 0.0146. The van der Waals surface area contributed by atoms with Gasteiger partial charge in [0.15, 0.2) is 5.78 Å². The average molecular weight is 299 g/mol. The number of nitro groups is 1. The summed E-state index contributed by atoms with van der Waals surface area (Å²) in [6.45, 7) is 1.03. The molecule has 1 aliphatic heterocycles. The van der Waals surface area contributed by atoms with Gasteiger partial charge in [0.1, 0.15) is 24.0 Å². The lowest BCUT2D eigenvalue weighted by atomic mass is 10.0. The van der Waals surface area contributed by atoms with Crippen LogP contribution in [0.25, 0.3) is 0 Å². The first kappa shape index (κ1) is 14.2. The zero-order valence-electron chi connectivity index (χ0n) is 11.6. The van der Waals surface area contributed by atoms with Gasteiger partial charge in [-0.25, -0.2) is 0 Å². The van der Waals surface area contributed by atoms with Gasteiger partial charge in [-0.3, -0.25) is 14.9 Å². The Morgan fingerprint density at radius 1 is 1.27 bits per heavy atom. The zero-order valence-corrected chi connectivity index (χ0v) is 11.6. The van der Waals surface area contributed by atoms with Crippen LogP contribution in [0.3, 0.4) is 0 Å². The molecule has 0 radical (unpaired) electrons. The van der Waals surface area contributed by atoms with E-state index >= 15 is 0 Å². The van der Waals surface area contributed by atoms with Crippen molar-refractivity contribution in [2.45, 2.75) is 6.10 Å². The van der Waals surface area contributed by atoms with Crippen LogP contribution in [0.1, 0.15) is 15.9 Å². The SMILES string of the molecule is O=C(c1ccccc1)c1cc(OCC2CO2)ccc1[N+](=O)[O-]. The molecule has 0 N–H and O–H groups in total. The molecule has 0 bridgehead atoms. The quantitative estimate of drug-likeness (QED) is 0.354. The molecular weight excluding hydrogens is 286 g/mol. The van der Waals surface area contributed by atoms with Crippen LogP contribution in [0.5, 0.6) is 5.75 Å². The number of carbonyl (C=O) groups is 1. The number of nitro benzene ring substituents is 1. The third kappa shape index (κ3) is 3.12. The van der Waals surface area contributed by atoms with E-state index in [0.29, 0.717) is 24.5 Å². The minimum absolute atomic E-state index is 0.0189. The normalized spacial score (nSPS) is 16.1. The third-order valence-corrected chi connectivity index (χ3v) is 3.28. The highest BCUT2D eigenvalue weighted by Crippen LogP contribution is 2.27. The largest absolute Gasteiger partial charge is 0.491 e. The molecule has 22 heavy (non-hydrogen) atoms. The van der Waals surface area contributed by atoms with E-state index in [1.165, 1.54) is 18.2 Å². The molecule has 1 heterocycles. The standard InChI is InChI=1S/C16H13NO5/c18-16(11-4-2-1-3-5-11)14-8-12(21-9-13-10-22-13)6-7-15(14)17(19)20/h1-8,13H,9-10H2. The van der Waals surface area contributed by atoms with Gasteiger partial charge < -0.3 is 9.47 Å². The molecule has 6 nitrogen and oxygen atoms in total. The molecule has 0 spiro atoms. The van der Waals surface area contributed by atoms with Crippen LogP contribution in [-0.2, 0) is 4.74 Å². The molecule has 0 aromatic heterocycles. The van der Waals surface area contributed by atoms with Gasteiger partial charge in [0.25, 0.3) is 5.69 Å². The number of ketones is 1. The van der Waals surface area contributed by atoms with Crippen LogP contribution in [-0.4, -0.2) is 30.0 Å². The molecular formula is C16H13NO5. The summed E-state index contributed by atoms with van der Waals surface area (Å²) in [5, 5.41) is 11.1. The van der Waals surface area contributed by atoms with E-state index in [1.54, 1.807) is 30.3 Å². The maximum atomic E-state index is 12.5. The topological polar surface area (TPSA) is 82.0 Å². The van der Waals surface area contributed by atoms with E-state index in [9.17, 15) is 14.9 Å². The molecule has 1 aliphatic rings. The molecule has 6 heteroatoms. The predicted molar refractivity (Wildman–Crippen MR) is 78.2 cm³/mol. The van der Waals surface area contributed by atoms with Gasteiger partial charge in [0.05, 0.1) is 11.5 Å². The van der Waals surface area contributed by atoms with Crippen molar-refractivity contribution in [2.75, 3.05) is 13.2 Å². The summed E-state index contributed by atoms with van der Waals surface area (Å²) in [6, 6.07) is 12.6. The number of nitrogens with zero attached hydrogens (tertiary/aromatic N) is 1. The maximum absolute atomic E-state index is 12.5. The van der Waals surface area contributed by atoms with Gasteiger partial charge in [0.2, 0.25) is 0 Å². The second-order valence-electron chi connectivity index (χ2n) is 4.90. The van der Waals surface area contributed by atoms with Gasteiger partial charge in [-0.1, -0.05) is 30.3 Å². The summed E-state index contributed by atoms with van der Waals surface area (Å²) in [4.78, 5) is 23.1. The summed E-state index contributed by atoms with van der Waals surface area (Å²) < 4.78 is 10.5. The molecule has 0 aliphatic carbocycles. The molecule has 2 aromatic rings. The first-order valence-corrected chi connectivity index (χ1v) is 6.78. The van der Waals surface area contributed by atoms with Crippen molar-refractivity contribution in [3.8, 4) is 5.75 Å². The molecule has 1 atom stereocenters. The Bertz CT molecular complexity index is 710. The fraction of sp³-hybridized carbons (Fsp3) is 0.188. The number of ether oxygens (including phenoxy) is 2. The molecule has 3 rings (SSSR count). The Morgan fingerprint density at radius 3 is 2.64 bits per heavy atom. The lowest BCUT2D eigenvalue weighted by Crippen LogP contribution is -2.08. The first-order chi connectivity index (χ1) is 10.6. The molecule has 1 unspecified atom stereocenters. The Hall–Kier alpha value is -2.73. The highest BCUT2D eigenvalue weighted by molar-refractivity contribution is 6.11. The van der Waals surface area contributed by atoms with Crippen LogP contribution in [0.4, 0.5) is 5.69 Å². The van der Waals surface area contributed by atoms with Crippen molar-refractivity contribution in [2.24, 2.45) is 0 Å². The van der Waals surface area contributed by atoms with Crippen molar-refractivity contribution in [3.05, 3.63) is 69.8 Å². The molecule has 112 valence electrons. The van der Waals surface area contributed by atoms with Crippen LogP contribution in [0.15, 0.2) is 48.5 Å². The lowest BCUT2D eigenvalue weighted by molar-refractivity contribution is -0.385. The fourth-order valence-electron chi connectivity index (χ4n) is 2.04. The smallest absolute Gasteiger partial charge is 0.280 e. The number of hydrogen-bond acceptors (Lipinski definition) is 5. The highest BCUT2D eigenvalue weighted by atomic mass is 16.6. The summed E-state index contributed by atoms with van der Waals surface area (Å²) >= 11 is 0. The van der Waals surface area contributed by atoms with E-state index in [4.69, 9.17) is 9.47 Å². The molecule has 1 saturated heterocycles. The monoisotopic (exact) mass is 299 g/mol. The first-order valence-electron chi connectivity index (χ1n) is 6.78. The second kappa shape index (κ2) is 5.95. The van der Waals surface area contributed by atoms with Crippen LogP contribution < -0.4 is 4.74 Å². The number of hydrogen-bond donors (Lipinski definition) is 0. The molecule has 0 amide bonds. The number of epoxide rings is 1. The zero-order chi connectivity index (χ0) is 15.5. The molecule has 2 aromatic carbocycles. The third-order valence-electron chi connectivity index (χ3n) is 3.28. The highest BCUT2D eigenvalue weighted by Gasteiger charge is 2.25. The van der Waals surface area contributed by atoms with E-state index in [1.807, 2.05) is 0 Å². The van der Waals surface area contributed by atoms with Crippen LogP contribution >= 0.6 is 0 Å². The lowest BCUT2D eigenvalue weighted by Gasteiger charge is -2.07. The Balaban J connectivity index is 1.93. The number of carbonyl (C=O) groups excluding carboxylic acids is 1. The minimum atomic E-state index is -0.566. The van der Waals surface area contributed by atoms with Crippen molar-refractivity contribution in [1.82, 2.24) is 0 Å². The second-order valence-corrected chi connectivity index (χ2v) is 4.90. The maximum Gasteiger partial charge on any atom is 0.280 e. The van der Waals surface area contributed by atoms with Crippen molar-refractivity contribution >= 4 is 11.5 Å². The van der Waals surface area contributed by atoms with Gasteiger partial charge in [-0.05, 0) is 12.1 Å². The number of benzene rings is 2. The molecule has 0 saturated carbocycles. The summed E-state index contributed by atoms with van der Waals surface area (Å²) in [5.41, 5.74) is 0.183. The van der Waals surface area contributed by atoms with Crippen molar-refractivity contribution in [3.63, 3.8) is 0 Å². The summed E-state index contributed by atoms with van der Waals surface area (Å²) in [6.07, 6.45) is 0.0727. The molecule has 1 fully saturated rings. The Kier molecular flexibility index (Phi) is 3.84. The van der Waals surface area contributed by atoms with E-state index in [2.05, 4.69) is 0 Å². The fourth-order valence-corrected chi connectivity index (χ4v) is 2.04. The van der Waals surface area contributed by atoms with Gasteiger partial charge >= 0.3 is 0 Å². The summed E-state index contributed by atoms with van der Waals surface area (Å²) in [7, 11) is 0. The van der Waals surface area contributed by atoms with E-state index in [-0.39, 0.29) is 17.4 Å². The van der Waals surface area contributed by atoms with E-state index < -0.39 is 10.7 Å². The van der Waals surface area contributed by atoms with Crippen LogP contribution in [0.2, 0.25) is 0 Å². The predicted octanol–water partition coefficient (Wildman–Crippen LogP) is 2.60. The Labute approximate surface area is 126 Å². The van der Waals surface area contributed by atoms with Gasteiger partial charge in [-0.2, -0.15) is 0 Å². The minimum Gasteiger partial charge on any atom is -0.491 e. The van der Waals surface area contributed by atoms with E-state index in [0.717, 1.165) is 0 Å². The number of rotatable bonds is 6. The van der Waals surface area contributed by atoms with Crippen molar-refractivity contribution < 1.29 is 19.2 Å². The van der Waals surface area contributed by atoms with Gasteiger partial charge in [0, 0.05) is 11.6 Å². The van der Waals surface area contributed by atoms with Crippen LogP contribution in [0, 0.1) is 10.1 Å². The Morgan fingerprint density at radius 2 is 2.00 bits per heavy atom.